The summed E-state index contributed by atoms with van der Waals surface area (Å²) in [5.74, 6) is -0.422. The summed E-state index contributed by atoms with van der Waals surface area (Å²) >= 11 is 1.60. The lowest BCUT2D eigenvalue weighted by atomic mass is 9.87. The molecule has 1 aliphatic carbocycles. The van der Waals surface area contributed by atoms with Crippen LogP contribution in [0.1, 0.15) is 65.3 Å². The van der Waals surface area contributed by atoms with Gasteiger partial charge in [-0.3, -0.25) is 0 Å². The molecule has 1 heterocycles. The summed E-state index contributed by atoms with van der Waals surface area (Å²) < 4.78 is 0. The summed E-state index contributed by atoms with van der Waals surface area (Å²) in [7, 11) is 0. The first-order valence-electron chi connectivity index (χ1n) is 5.95. The average Bonchev–Trinajstić information content (AvgIpc) is 2.74. The van der Waals surface area contributed by atoms with Crippen LogP contribution in [0.4, 0.5) is 0 Å². The van der Waals surface area contributed by atoms with Gasteiger partial charge >= 0.3 is 5.97 Å². The van der Waals surface area contributed by atoms with Crippen molar-refractivity contribution in [2.45, 2.75) is 51.4 Å². The molecular weight excluding hydrogens is 222 g/mol. The van der Waals surface area contributed by atoms with E-state index in [0.717, 1.165) is 29.1 Å². The van der Waals surface area contributed by atoms with Crippen LogP contribution in [0.15, 0.2) is 0 Å². The van der Waals surface area contributed by atoms with Gasteiger partial charge in [0, 0.05) is 4.88 Å². The lowest BCUT2D eigenvalue weighted by Gasteiger charge is -2.20. The predicted molar refractivity (Wildman–Crippen MR) is 64.3 cm³/mol. The van der Waals surface area contributed by atoms with E-state index in [1.807, 2.05) is 6.92 Å². The van der Waals surface area contributed by atoms with Gasteiger partial charge in [-0.2, -0.15) is 0 Å². The zero-order valence-corrected chi connectivity index (χ0v) is 10.3. The topological polar surface area (TPSA) is 50.2 Å². The maximum Gasteiger partial charge on any atom is 0.355 e. The van der Waals surface area contributed by atoms with Crippen molar-refractivity contribution in [3.8, 4) is 0 Å². The highest BCUT2D eigenvalue weighted by Crippen LogP contribution is 2.37. The van der Waals surface area contributed by atoms with Crippen LogP contribution in [0.25, 0.3) is 0 Å². The van der Waals surface area contributed by atoms with Crippen molar-refractivity contribution in [2.75, 3.05) is 0 Å². The Bertz CT molecular complexity index is 380. The van der Waals surface area contributed by atoms with Crippen LogP contribution in [-0.2, 0) is 6.42 Å². The number of aromatic nitrogens is 1. The molecule has 0 atom stereocenters. The molecule has 1 aliphatic rings. The van der Waals surface area contributed by atoms with Gasteiger partial charge in [-0.15, -0.1) is 11.3 Å². The van der Waals surface area contributed by atoms with Crippen LogP contribution in [-0.4, -0.2) is 16.1 Å². The van der Waals surface area contributed by atoms with E-state index in [1.165, 1.54) is 19.3 Å². The average molecular weight is 239 g/mol. The zero-order chi connectivity index (χ0) is 11.5. The fourth-order valence-corrected chi connectivity index (χ4v) is 3.49. The molecule has 16 heavy (non-hydrogen) atoms. The number of carbonyl (C=O) groups is 1. The van der Waals surface area contributed by atoms with Crippen LogP contribution >= 0.6 is 11.3 Å². The van der Waals surface area contributed by atoms with Crippen molar-refractivity contribution in [3.63, 3.8) is 0 Å². The van der Waals surface area contributed by atoms with Crippen LogP contribution < -0.4 is 0 Å². The van der Waals surface area contributed by atoms with Crippen molar-refractivity contribution in [1.82, 2.24) is 4.98 Å². The van der Waals surface area contributed by atoms with Crippen molar-refractivity contribution in [3.05, 3.63) is 15.6 Å². The maximum absolute atomic E-state index is 11.1. The van der Waals surface area contributed by atoms with Crippen molar-refractivity contribution in [2.24, 2.45) is 0 Å². The maximum atomic E-state index is 11.1. The molecule has 1 fully saturated rings. The summed E-state index contributed by atoms with van der Waals surface area (Å²) in [5.41, 5.74) is 0.314. The predicted octanol–water partition coefficient (Wildman–Crippen LogP) is 3.45. The normalized spacial score (nSPS) is 17.6. The van der Waals surface area contributed by atoms with E-state index >= 15 is 0 Å². The minimum Gasteiger partial charge on any atom is -0.476 e. The van der Waals surface area contributed by atoms with E-state index in [2.05, 4.69) is 4.98 Å². The van der Waals surface area contributed by atoms with E-state index in [4.69, 9.17) is 5.11 Å². The molecule has 1 aromatic rings. The van der Waals surface area contributed by atoms with Crippen molar-refractivity contribution < 1.29 is 9.90 Å². The summed E-state index contributed by atoms with van der Waals surface area (Å²) in [6.45, 7) is 2.02. The van der Waals surface area contributed by atoms with Gasteiger partial charge in [-0.05, 0) is 25.2 Å². The molecule has 0 radical (unpaired) electrons. The molecule has 4 heteroatoms. The Morgan fingerprint density at radius 3 is 2.69 bits per heavy atom. The van der Waals surface area contributed by atoms with E-state index < -0.39 is 5.97 Å². The van der Waals surface area contributed by atoms with Crippen LogP contribution in [0.5, 0.6) is 0 Å². The van der Waals surface area contributed by atoms with Gasteiger partial charge in [0.25, 0.3) is 0 Å². The molecule has 0 aromatic carbocycles. The van der Waals surface area contributed by atoms with Crippen molar-refractivity contribution in [1.29, 1.82) is 0 Å². The second-order valence-corrected chi connectivity index (χ2v) is 5.43. The molecule has 0 bridgehead atoms. The van der Waals surface area contributed by atoms with Gasteiger partial charge in [-0.25, -0.2) is 9.78 Å². The number of nitrogens with zero attached hydrogens (tertiary/aromatic N) is 1. The molecule has 2 rings (SSSR count). The first-order valence-corrected chi connectivity index (χ1v) is 6.77. The highest BCUT2D eigenvalue weighted by atomic mass is 32.1. The Kier molecular flexibility index (Phi) is 3.59. The summed E-state index contributed by atoms with van der Waals surface area (Å²) in [6, 6.07) is 0. The molecule has 88 valence electrons. The van der Waals surface area contributed by atoms with Gasteiger partial charge in [0.2, 0.25) is 0 Å². The lowest BCUT2D eigenvalue weighted by Crippen LogP contribution is -2.08. The number of aryl methyl sites for hydroxylation is 1. The molecule has 0 aliphatic heterocycles. The van der Waals surface area contributed by atoms with E-state index in [-0.39, 0.29) is 0 Å². The highest BCUT2D eigenvalue weighted by molar-refractivity contribution is 7.12. The minimum absolute atomic E-state index is 0.314. The number of thiazole rings is 1. The number of rotatable bonds is 3. The smallest absolute Gasteiger partial charge is 0.355 e. The SMILES string of the molecule is CCc1nc(C(=O)O)c(C2CCCCC2)s1. The minimum atomic E-state index is -0.864. The third-order valence-corrected chi connectivity index (χ3v) is 4.54. The molecule has 3 nitrogen and oxygen atoms in total. The van der Waals surface area contributed by atoms with E-state index in [1.54, 1.807) is 11.3 Å². The van der Waals surface area contributed by atoms with E-state index in [0.29, 0.717) is 11.6 Å². The fraction of sp³-hybridized carbons (Fsp3) is 0.667. The summed E-state index contributed by atoms with van der Waals surface area (Å²) in [5, 5.41) is 10.1. The number of carboxylic acids is 1. The number of carboxylic acid groups (broad SMARTS) is 1. The Morgan fingerprint density at radius 1 is 1.44 bits per heavy atom. The van der Waals surface area contributed by atoms with Gasteiger partial charge in [0.1, 0.15) is 0 Å². The lowest BCUT2D eigenvalue weighted by molar-refractivity contribution is 0.0689. The second-order valence-electron chi connectivity index (χ2n) is 4.31. The largest absolute Gasteiger partial charge is 0.476 e. The second kappa shape index (κ2) is 4.95. The molecule has 1 saturated carbocycles. The molecule has 1 aromatic heterocycles. The third-order valence-electron chi connectivity index (χ3n) is 3.18. The fourth-order valence-electron chi connectivity index (χ4n) is 2.32. The molecule has 0 unspecified atom stereocenters. The van der Waals surface area contributed by atoms with Gasteiger partial charge in [0.05, 0.1) is 5.01 Å². The van der Waals surface area contributed by atoms with Gasteiger partial charge in [-0.1, -0.05) is 26.2 Å². The monoisotopic (exact) mass is 239 g/mol. The standard InChI is InChI=1S/C12H17NO2S/c1-2-9-13-10(12(14)15)11(16-9)8-6-4-3-5-7-8/h8H,2-7H2,1H3,(H,14,15). The third kappa shape index (κ3) is 2.26. The summed E-state index contributed by atoms with van der Waals surface area (Å²) in [6.07, 6.45) is 6.83. The Morgan fingerprint density at radius 2 is 2.12 bits per heavy atom. The first kappa shape index (κ1) is 11.6. The Labute approximate surface area is 99.5 Å². The van der Waals surface area contributed by atoms with Gasteiger partial charge in [0.15, 0.2) is 5.69 Å². The Hall–Kier alpha value is -0.900. The summed E-state index contributed by atoms with van der Waals surface area (Å²) in [4.78, 5) is 16.4. The molecule has 1 N–H and O–H groups in total. The van der Waals surface area contributed by atoms with Gasteiger partial charge < -0.3 is 5.11 Å². The van der Waals surface area contributed by atoms with Crippen molar-refractivity contribution >= 4 is 17.3 Å². The Balaban J connectivity index is 2.29. The highest BCUT2D eigenvalue weighted by Gasteiger charge is 2.25. The molecular formula is C12H17NO2S. The number of hydrogen-bond donors (Lipinski definition) is 1. The zero-order valence-electron chi connectivity index (χ0n) is 9.53. The first-order chi connectivity index (χ1) is 7.72. The quantitative estimate of drug-likeness (QED) is 0.878. The molecule has 0 saturated heterocycles. The molecule has 0 amide bonds. The molecule has 0 spiro atoms. The van der Waals surface area contributed by atoms with E-state index in [9.17, 15) is 4.79 Å². The number of hydrogen-bond acceptors (Lipinski definition) is 3. The van der Waals surface area contributed by atoms with Crippen LogP contribution in [0, 0.1) is 0 Å². The number of aromatic carboxylic acids is 1. The van der Waals surface area contributed by atoms with Crippen LogP contribution in [0.3, 0.4) is 0 Å². The van der Waals surface area contributed by atoms with Crippen LogP contribution in [0.2, 0.25) is 0 Å².